The highest BCUT2D eigenvalue weighted by molar-refractivity contribution is 7.80. The van der Waals surface area contributed by atoms with E-state index in [1.54, 1.807) is 12.1 Å². The fourth-order valence-electron chi connectivity index (χ4n) is 1.53. The zero-order chi connectivity index (χ0) is 14.1. The van der Waals surface area contributed by atoms with Crippen LogP contribution in [0.2, 0.25) is 0 Å². The van der Waals surface area contributed by atoms with Gasteiger partial charge < -0.3 is 15.7 Å². The molecule has 3 N–H and O–H groups in total. The second-order valence-corrected chi connectivity index (χ2v) is 4.58. The Kier molecular flexibility index (Phi) is 6.81. The number of urea groups is 1. The van der Waals surface area contributed by atoms with E-state index in [1.807, 2.05) is 12.1 Å². The van der Waals surface area contributed by atoms with Crippen molar-refractivity contribution < 1.29 is 14.7 Å². The van der Waals surface area contributed by atoms with Gasteiger partial charge in [-0.25, -0.2) is 4.79 Å². The number of hydrogen-bond acceptors (Lipinski definition) is 3. The second-order valence-electron chi connectivity index (χ2n) is 4.10. The molecule has 2 amide bonds. The first kappa shape index (κ1) is 15.4. The molecule has 19 heavy (non-hydrogen) atoms. The molecule has 0 heterocycles. The lowest BCUT2D eigenvalue weighted by molar-refractivity contribution is -0.137. The number of hydrogen-bond donors (Lipinski definition) is 4. The van der Waals surface area contributed by atoms with Crippen LogP contribution < -0.4 is 10.6 Å². The molecule has 5 nitrogen and oxygen atoms in total. The van der Waals surface area contributed by atoms with E-state index in [4.69, 9.17) is 5.11 Å². The Balaban J connectivity index is 2.15. The molecule has 0 saturated carbocycles. The van der Waals surface area contributed by atoms with Gasteiger partial charge in [-0.1, -0.05) is 18.6 Å². The molecule has 0 unspecified atom stereocenters. The molecule has 0 saturated heterocycles. The summed E-state index contributed by atoms with van der Waals surface area (Å²) in [5, 5.41) is 13.9. The summed E-state index contributed by atoms with van der Waals surface area (Å²) in [6, 6.07) is 6.95. The number of unbranched alkanes of at least 4 members (excludes halogenated alkanes) is 2. The number of benzene rings is 1. The van der Waals surface area contributed by atoms with Crippen LogP contribution in [0.3, 0.4) is 0 Å². The molecule has 1 aromatic rings. The fourth-order valence-corrected chi connectivity index (χ4v) is 1.74. The third kappa shape index (κ3) is 6.71. The zero-order valence-corrected chi connectivity index (χ0v) is 11.5. The molecule has 0 atom stereocenters. The number of carbonyl (C=O) groups excluding carboxylic acids is 1. The van der Waals surface area contributed by atoms with Crippen LogP contribution in [0.1, 0.15) is 25.7 Å². The number of para-hydroxylation sites is 1. The number of carboxylic acid groups (broad SMARTS) is 1. The molecular weight excluding hydrogens is 264 g/mol. The summed E-state index contributed by atoms with van der Waals surface area (Å²) in [6.45, 7) is 0.528. The average molecular weight is 282 g/mol. The maximum atomic E-state index is 11.6. The van der Waals surface area contributed by atoms with Crippen LogP contribution in [0.5, 0.6) is 0 Å². The Morgan fingerprint density at radius 1 is 1.16 bits per heavy atom. The summed E-state index contributed by atoms with van der Waals surface area (Å²) in [4.78, 5) is 22.6. The van der Waals surface area contributed by atoms with Gasteiger partial charge in [-0.3, -0.25) is 4.79 Å². The van der Waals surface area contributed by atoms with Gasteiger partial charge in [-0.05, 0) is 25.0 Å². The van der Waals surface area contributed by atoms with E-state index in [0.29, 0.717) is 23.5 Å². The number of aliphatic carboxylic acids is 1. The van der Waals surface area contributed by atoms with Gasteiger partial charge in [0.2, 0.25) is 0 Å². The minimum absolute atomic E-state index is 0.180. The van der Waals surface area contributed by atoms with Crippen LogP contribution in [0.4, 0.5) is 10.5 Å². The predicted octanol–water partition coefficient (Wildman–Crippen LogP) is 2.74. The van der Waals surface area contributed by atoms with Crippen molar-refractivity contribution in [1.82, 2.24) is 5.32 Å². The first-order chi connectivity index (χ1) is 9.09. The lowest BCUT2D eigenvalue weighted by Crippen LogP contribution is -2.29. The highest BCUT2D eigenvalue weighted by atomic mass is 32.1. The molecule has 0 aromatic heterocycles. The Hall–Kier alpha value is -1.69. The molecule has 0 bridgehead atoms. The number of rotatable bonds is 7. The summed E-state index contributed by atoms with van der Waals surface area (Å²) < 4.78 is 0. The smallest absolute Gasteiger partial charge is 0.319 e. The molecular formula is C13H18N2O3S. The van der Waals surface area contributed by atoms with Crippen LogP contribution in [-0.2, 0) is 4.79 Å². The maximum absolute atomic E-state index is 11.6. The van der Waals surface area contributed by atoms with E-state index in [0.717, 1.165) is 12.8 Å². The summed E-state index contributed by atoms with van der Waals surface area (Å²) in [6.07, 6.45) is 2.37. The number of carboxylic acids is 1. The van der Waals surface area contributed by atoms with Crippen LogP contribution in [0, 0.1) is 0 Å². The summed E-state index contributed by atoms with van der Waals surface area (Å²) >= 11 is 4.23. The van der Waals surface area contributed by atoms with Gasteiger partial charge in [-0.15, -0.1) is 12.6 Å². The van der Waals surface area contributed by atoms with Crippen molar-refractivity contribution in [2.24, 2.45) is 0 Å². The molecule has 104 valence electrons. The molecule has 6 heteroatoms. The van der Waals surface area contributed by atoms with E-state index in [9.17, 15) is 9.59 Å². The summed E-state index contributed by atoms with van der Waals surface area (Å²) in [5.41, 5.74) is 0.661. The number of carbonyl (C=O) groups is 2. The van der Waals surface area contributed by atoms with E-state index in [1.165, 1.54) is 0 Å². The third-order valence-corrected chi connectivity index (χ3v) is 2.90. The summed E-state index contributed by atoms with van der Waals surface area (Å²) in [5.74, 6) is -0.781. The van der Waals surface area contributed by atoms with E-state index >= 15 is 0 Å². The van der Waals surface area contributed by atoms with Crippen molar-refractivity contribution in [1.29, 1.82) is 0 Å². The first-order valence-electron chi connectivity index (χ1n) is 6.14. The largest absolute Gasteiger partial charge is 0.481 e. The number of nitrogens with one attached hydrogen (secondary N) is 2. The molecule has 0 aliphatic heterocycles. The summed E-state index contributed by atoms with van der Waals surface area (Å²) in [7, 11) is 0. The van der Waals surface area contributed by atoms with E-state index in [2.05, 4.69) is 23.3 Å². The van der Waals surface area contributed by atoms with Crippen molar-refractivity contribution in [3.63, 3.8) is 0 Å². The van der Waals surface area contributed by atoms with Gasteiger partial charge in [0, 0.05) is 17.9 Å². The number of amides is 2. The average Bonchev–Trinajstić information content (AvgIpc) is 2.36. The van der Waals surface area contributed by atoms with Crippen molar-refractivity contribution in [2.75, 3.05) is 11.9 Å². The van der Waals surface area contributed by atoms with Crippen LogP contribution in [0.15, 0.2) is 29.2 Å². The molecule has 0 spiro atoms. The SMILES string of the molecule is O=C(O)CCCCCNC(=O)Nc1ccccc1S. The fraction of sp³-hybridized carbons (Fsp3) is 0.385. The van der Waals surface area contributed by atoms with Gasteiger partial charge in [0.1, 0.15) is 0 Å². The Labute approximate surface area is 117 Å². The van der Waals surface area contributed by atoms with Gasteiger partial charge in [-0.2, -0.15) is 0 Å². The first-order valence-corrected chi connectivity index (χ1v) is 6.59. The minimum atomic E-state index is -0.781. The van der Waals surface area contributed by atoms with Gasteiger partial charge in [0.15, 0.2) is 0 Å². The quantitative estimate of drug-likeness (QED) is 0.458. The topological polar surface area (TPSA) is 78.4 Å². The lowest BCUT2D eigenvalue weighted by atomic mass is 10.2. The van der Waals surface area contributed by atoms with Crippen LogP contribution in [-0.4, -0.2) is 23.7 Å². The van der Waals surface area contributed by atoms with Crippen molar-refractivity contribution in [3.8, 4) is 0 Å². The Bertz CT molecular complexity index is 438. The zero-order valence-electron chi connectivity index (χ0n) is 10.6. The van der Waals surface area contributed by atoms with Crippen molar-refractivity contribution in [3.05, 3.63) is 24.3 Å². The standard InChI is InChI=1S/C13H18N2O3S/c16-12(17)8-2-1-5-9-14-13(18)15-10-6-3-4-7-11(10)19/h3-4,6-7,19H,1-2,5,8-9H2,(H,16,17)(H2,14,15,18). The normalized spacial score (nSPS) is 9.95. The number of anilines is 1. The molecule has 0 aliphatic rings. The molecule has 0 radical (unpaired) electrons. The maximum Gasteiger partial charge on any atom is 0.319 e. The third-order valence-electron chi connectivity index (χ3n) is 2.51. The van der Waals surface area contributed by atoms with Crippen LogP contribution in [0.25, 0.3) is 0 Å². The number of thiol groups is 1. The second kappa shape index (κ2) is 8.42. The highest BCUT2D eigenvalue weighted by Crippen LogP contribution is 2.18. The van der Waals surface area contributed by atoms with Gasteiger partial charge in [0.05, 0.1) is 5.69 Å². The molecule has 0 aliphatic carbocycles. The molecule has 0 fully saturated rings. The lowest BCUT2D eigenvalue weighted by Gasteiger charge is -2.09. The molecule has 1 aromatic carbocycles. The van der Waals surface area contributed by atoms with Gasteiger partial charge in [0.25, 0.3) is 0 Å². The van der Waals surface area contributed by atoms with Crippen LogP contribution >= 0.6 is 12.6 Å². The highest BCUT2D eigenvalue weighted by Gasteiger charge is 2.03. The monoisotopic (exact) mass is 282 g/mol. The predicted molar refractivity (Wildman–Crippen MR) is 76.8 cm³/mol. The Morgan fingerprint density at radius 3 is 2.58 bits per heavy atom. The van der Waals surface area contributed by atoms with Crippen molar-refractivity contribution >= 4 is 30.3 Å². The minimum Gasteiger partial charge on any atom is -0.481 e. The van der Waals surface area contributed by atoms with Gasteiger partial charge >= 0.3 is 12.0 Å². The molecule has 1 rings (SSSR count). The van der Waals surface area contributed by atoms with E-state index < -0.39 is 5.97 Å². The van der Waals surface area contributed by atoms with Crippen molar-refractivity contribution in [2.45, 2.75) is 30.6 Å². The Morgan fingerprint density at radius 2 is 1.89 bits per heavy atom. The van der Waals surface area contributed by atoms with E-state index in [-0.39, 0.29) is 12.5 Å².